The van der Waals surface area contributed by atoms with Crippen LogP contribution in [0.15, 0.2) is 30.4 Å². The molecule has 0 saturated carbocycles. The van der Waals surface area contributed by atoms with E-state index in [0.717, 1.165) is 42.1 Å². The fourth-order valence-corrected chi connectivity index (χ4v) is 1.68. The molecule has 0 aromatic heterocycles. The van der Waals surface area contributed by atoms with E-state index < -0.39 is 0 Å². The molecule has 4 nitrogen and oxygen atoms in total. The molecular weight excluding hydrogens is 254 g/mol. The van der Waals surface area contributed by atoms with E-state index in [1.165, 1.54) is 0 Å². The monoisotopic (exact) mass is 279 g/mol. The SMILES string of the molecule is C=C(C)CCOc1ccc(CNCCOC)cc1OC. The van der Waals surface area contributed by atoms with Crippen molar-refractivity contribution < 1.29 is 14.2 Å². The molecule has 0 amide bonds. The van der Waals surface area contributed by atoms with Gasteiger partial charge in [-0.05, 0) is 24.6 Å². The molecule has 112 valence electrons. The minimum atomic E-state index is 0.622. The molecular formula is C16H25NO3. The molecule has 1 N–H and O–H groups in total. The Morgan fingerprint density at radius 2 is 2.00 bits per heavy atom. The summed E-state index contributed by atoms with van der Waals surface area (Å²) in [7, 11) is 3.35. The van der Waals surface area contributed by atoms with Crippen LogP contribution in [0.4, 0.5) is 0 Å². The minimum Gasteiger partial charge on any atom is -0.493 e. The molecule has 0 radical (unpaired) electrons. The van der Waals surface area contributed by atoms with Crippen LogP contribution < -0.4 is 14.8 Å². The Morgan fingerprint density at radius 3 is 2.65 bits per heavy atom. The topological polar surface area (TPSA) is 39.7 Å². The third-order valence-electron chi connectivity index (χ3n) is 2.83. The van der Waals surface area contributed by atoms with Gasteiger partial charge in [-0.15, -0.1) is 6.58 Å². The maximum atomic E-state index is 5.71. The zero-order valence-electron chi connectivity index (χ0n) is 12.7. The Hall–Kier alpha value is -1.52. The van der Waals surface area contributed by atoms with E-state index in [2.05, 4.69) is 11.9 Å². The first-order valence-corrected chi connectivity index (χ1v) is 6.81. The molecule has 0 heterocycles. The maximum absolute atomic E-state index is 5.71. The molecule has 0 atom stereocenters. The van der Waals surface area contributed by atoms with Crippen molar-refractivity contribution in [3.8, 4) is 11.5 Å². The summed E-state index contributed by atoms with van der Waals surface area (Å²) in [6.07, 6.45) is 0.851. The number of hydrogen-bond donors (Lipinski definition) is 1. The van der Waals surface area contributed by atoms with Crippen LogP contribution in [0, 0.1) is 0 Å². The number of rotatable bonds is 10. The van der Waals surface area contributed by atoms with Crippen molar-refractivity contribution >= 4 is 0 Å². The lowest BCUT2D eigenvalue weighted by Gasteiger charge is -2.12. The summed E-state index contributed by atoms with van der Waals surface area (Å²) in [5.74, 6) is 1.53. The fraction of sp³-hybridized carbons (Fsp3) is 0.500. The summed E-state index contributed by atoms with van der Waals surface area (Å²) in [6, 6.07) is 5.99. The van der Waals surface area contributed by atoms with Gasteiger partial charge in [0, 0.05) is 26.6 Å². The van der Waals surface area contributed by atoms with Crippen LogP contribution in [0.1, 0.15) is 18.9 Å². The van der Waals surface area contributed by atoms with Crippen molar-refractivity contribution in [3.63, 3.8) is 0 Å². The van der Waals surface area contributed by atoms with Crippen molar-refractivity contribution in [1.29, 1.82) is 0 Å². The largest absolute Gasteiger partial charge is 0.493 e. The summed E-state index contributed by atoms with van der Waals surface area (Å²) in [4.78, 5) is 0. The zero-order valence-corrected chi connectivity index (χ0v) is 12.7. The Balaban J connectivity index is 2.53. The van der Waals surface area contributed by atoms with Gasteiger partial charge < -0.3 is 19.5 Å². The molecule has 0 unspecified atom stereocenters. The maximum Gasteiger partial charge on any atom is 0.161 e. The molecule has 0 fully saturated rings. The van der Waals surface area contributed by atoms with Gasteiger partial charge in [0.25, 0.3) is 0 Å². The van der Waals surface area contributed by atoms with Gasteiger partial charge in [-0.3, -0.25) is 0 Å². The number of benzene rings is 1. The van der Waals surface area contributed by atoms with Gasteiger partial charge in [-0.2, -0.15) is 0 Å². The first-order valence-electron chi connectivity index (χ1n) is 6.81. The predicted molar refractivity (Wildman–Crippen MR) is 81.5 cm³/mol. The van der Waals surface area contributed by atoms with Crippen molar-refractivity contribution in [2.45, 2.75) is 19.9 Å². The second kappa shape index (κ2) is 9.39. The third-order valence-corrected chi connectivity index (χ3v) is 2.83. The average Bonchev–Trinajstić information content (AvgIpc) is 2.44. The van der Waals surface area contributed by atoms with E-state index in [1.54, 1.807) is 14.2 Å². The van der Waals surface area contributed by atoms with Crippen molar-refractivity contribution in [2.24, 2.45) is 0 Å². The number of methoxy groups -OCH3 is 2. The van der Waals surface area contributed by atoms with Crippen molar-refractivity contribution in [3.05, 3.63) is 35.9 Å². The molecule has 0 aliphatic carbocycles. The van der Waals surface area contributed by atoms with Crippen LogP contribution >= 0.6 is 0 Å². The Kier molecular flexibility index (Phi) is 7.77. The predicted octanol–water partition coefficient (Wildman–Crippen LogP) is 2.78. The Bertz CT molecular complexity index is 418. The molecule has 4 heteroatoms. The summed E-state index contributed by atoms with van der Waals surface area (Å²) in [5.41, 5.74) is 2.27. The molecule has 0 bridgehead atoms. The van der Waals surface area contributed by atoms with Crippen molar-refractivity contribution in [1.82, 2.24) is 5.32 Å². The minimum absolute atomic E-state index is 0.622. The van der Waals surface area contributed by atoms with Gasteiger partial charge in [0.15, 0.2) is 11.5 Å². The Morgan fingerprint density at radius 1 is 1.20 bits per heavy atom. The molecule has 0 saturated heterocycles. The highest BCUT2D eigenvalue weighted by molar-refractivity contribution is 5.43. The first kappa shape index (κ1) is 16.5. The van der Waals surface area contributed by atoms with Crippen molar-refractivity contribution in [2.75, 3.05) is 34.0 Å². The quantitative estimate of drug-likeness (QED) is 0.528. The zero-order chi connectivity index (χ0) is 14.8. The van der Waals surface area contributed by atoms with E-state index in [-0.39, 0.29) is 0 Å². The summed E-state index contributed by atoms with van der Waals surface area (Å²) in [6.45, 7) is 8.80. The normalized spacial score (nSPS) is 10.3. The molecule has 0 aliphatic heterocycles. The van der Waals surface area contributed by atoms with E-state index in [0.29, 0.717) is 13.2 Å². The second-order valence-corrected chi connectivity index (χ2v) is 4.71. The van der Waals surface area contributed by atoms with Gasteiger partial charge in [-0.25, -0.2) is 0 Å². The van der Waals surface area contributed by atoms with Gasteiger partial charge in [-0.1, -0.05) is 11.6 Å². The number of nitrogens with one attached hydrogen (secondary N) is 1. The van der Waals surface area contributed by atoms with E-state index in [4.69, 9.17) is 14.2 Å². The molecule has 1 rings (SSSR count). The Labute approximate surface area is 121 Å². The lowest BCUT2D eigenvalue weighted by Crippen LogP contribution is -2.18. The van der Waals surface area contributed by atoms with Crippen LogP contribution in [0.2, 0.25) is 0 Å². The van der Waals surface area contributed by atoms with Gasteiger partial charge >= 0.3 is 0 Å². The highest BCUT2D eigenvalue weighted by Gasteiger charge is 2.05. The van der Waals surface area contributed by atoms with Crippen LogP contribution in [-0.2, 0) is 11.3 Å². The first-order chi connectivity index (χ1) is 9.67. The van der Waals surface area contributed by atoms with E-state index in [1.807, 2.05) is 25.1 Å². The van der Waals surface area contributed by atoms with Crippen LogP contribution in [-0.4, -0.2) is 34.0 Å². The van der Waals surface area contributed by atoms with Gasteiger partial charge in [0.1, 0.15) is 0 Å². The van der Waals surface area contributed by atoms with E-state index >= 15 is 0 Å². The third kappa shape index (κ3) is 6.08. The molecule has 20 heavy (non-hydrogen) atoms. The standard InChI is InChI=1S/C16H25NO3/c1-13(2)7-9-20-15-6-5-14(11-16(15)19-4)12-17-8-10-18-3/h5-6,11,17H,1,7-10,12H2,2-4H3. The fourth-order valence-electron chi connectivity index (χ4n) is 1.68. The number of ether oxygens (including phenoxy) is 3. The molecule has 0 aliphatic rings. The highest BCUT2D eigenvalue weighted by atomic mass is 16.5. The summed E-state index contributed by atoms with van der Waals surface area (Å²) < 4.78 is 16.1. The van der Waals surface area contributed by atoms with Gasteiger partial charge in [0.05, 0.1) is 20.3 Å². The van der Waals surface area contributed by atoms with E-state index in [9.17, 15) is 0 Å². The summed E-state index contributed by atoms with van der Waals surface area (Å²) >= 11 is 0. The van der Waals surface area contributed by atoms with Gasteiger partial charge in [0.2, 0.25) is 0 Å². The van der Waals surface area contributed by atoms with Crippen LogP contribution in [0.3, 0.4) is 0 Å². The van der Waals surface area contributed by atoms with Crippen LogP contribution in [0.5, 0.6) is 11.5 Å². The highest BCUT2D eigenvalue weighted by Crippen LogP contribution is 2.28. The number of hydrogen-bond acceptors (Lipinski definition) is 4. The summed E-state index contributed by atoms with van der Waals surface area (Å²) in [5, 5.41) is 3.30. The lowest BCUT2D eigenvalue weighted by molar-refractivity contribution is 0.199. The second-order valence-electron chi connectivity index (χ2n) is 4.71. The molecule has 1 aromatic carbocycles. The average molecular weight is 279 g/mol. The lowest BCUT2D eigenvalue weighted by atomic mass is 10.2. The molecule has 0 spiro atoms. The molecule has 1 aromatic rings. The van der Waals surface area contributed by atoms with Crippen LogP contribution in [0.25, 0.3) is 0 Å². The smallest absolute Gasteiger partial charge is 0.161 e.